The van der Waals surface area contributed by atoms with Crippen LogP contribution in [0.5, 0.6) is 0 Å². The summed E-state index contributed by atoms with van der Waals surface area (Å²) in [7, 11) is 1.75. The summed E-state index contributed by atoms with van der Waals surface area (Å²) in [5.41, 5.74) is 10.4. The van der Waals surface area contributed by atoms with Crippen LogP contribution in [0.25, 0.3) is 33.4 Å². The summed E-state index contributed by atoms with van der Waals surface area (Å²) in [6, 6.07) is 7.41. The van der Waals surface area contributed by atoms with Gasteiger partial charge >= 0.3 is 5.97 Å². The van der Waals surface area contributed by atoms with E-state index in [0.29, 0.717) is 52.2 Å². The van der Waals surface area contributed by atoms with Crippen LogP contribution in [-0.4, -0.2) is 162 Å². The number of benzene rings is 1. The quantitative estimate of drug-likeness (QED) is 0.139. The second kappa shape index (κ2) is 21.7. The van der Waals surface area contributed by atoms with E-state index in [-0.39, 0.29) is 42.1 Å². The molecule has 6 fully saturated rings. The van der Waals surface area contributed by atoms with Gasteiger partial charge in [0.1, 0.15) is 23.2 Å². The maximum atomic E-state index is 15.1. The van der Waals surface area contributed by atoms with E-state index in [1.54, 1.807) is 7.11 Å². The van der Waals surface area contributed by atoms with Crippen molar-refractivity contribution in [1.82, 2.24) is 40.1 Å². The molecule has 18 heteroatoms. The molecule has 1 aliphatic carbocycles. The lowest BCUT2D eigenvalue weighted by Gasteiger charge is -2.40. The first-order chi connectivity index (χ1) is 36.1. The number of methoxy groups -OCH3 is 1. The van der Waals surface area contributed by atoms with Crippen molar-refractivity contribution in [3.8, 4) is 22.5 Å². The van der Waals surface area contributed by atoms with Gasteiger partial charge in [-0.1, -0.05) is 26.8 Å². The molecule has 7 atom stereocenters. The number of hydrogen-bond donors (Lipinski definition) is 2. The lowest BCUT2D eigenvalue weighted by atomic mass is 9.84. The number of cyclic esters (lactones) is 1. The van der Waals surface area contributed by atoms with E-state index in [1.807, 2.05) is 13.1 Å². The first-order valence-electron chi connectivity index (χ1n) is 27.9. The average Bonchev–Trinajstić information content (AvgIpc) is 3.75. The Kier molecular flexibility index (Phi) is 15.2. The van der Waals surface area contributed by atoms with E-state index in [2.05, 4.69) is 94.3 Å². The maximum absolute atomic E-state index is 15.1. The molecule has 1 aromatic carbocycles. The Morgan fingerprint density at radius 2 is 1.79 bits per heavy atom. The molecule has 6 bridgehead atoms. The largest absolute Gasteiger partial charge is 0.464 e. The Bertz CT molecular complexity index is 2720. The summed E-state index contributed by atoms with van der Waals surface area (Å²) in [5, 5.41) is 8.62. The zero-order valence-electron chi connectivity index (χ0n) is 45.2. The lowest BCUT2D eigenvalue weighted by molar-refractivity contribution is -0.162. The first kappa shape index (κ1) is 52.5. The summed E-state index contributed by atoms with van der Waals surface area (Å²) >= 11 is 1.52. The Balaban J connectivity index is 1.06. The zero-order chi connectivity index (χ0) is 52.2. The Morgan fingerprint density at radius 1 is 0.987 bits per heavy atom. The number of nitrogens with one attached hydrogen (secondary N) is 2. The second-order valence-corrected chi connectivity index (χ2v) is 24.7. The van der Waals surface area contributed by atoms with Gasteiger partial charge in [-0.05, 0) is 109 Å². The Hall–Kier alpha value is -4.53. The highest BCUT2D eigenvalue weighted by atomic mass is 32.1. The van der Waals surface area contributed by atoms with Gasteiger partial charge in [-0.25, -0.2) is 10.4 Å². The minimum Gasteiger partial charge on any atom is -0.464 e. The first-order valence-corrected chi connectivity index (χ1v) is 28.8. The normalized spacial score (nSPS) is 28.2. The molecule has 17 nitrogen and oxygen atoms in total. The molecule has 3 aromatic heterocycles. The summed E-state index contributed by atoms with van der Waals surface area (Å²) < 4.78 is 33.5. The van der Waals surface area contributed by atoms with Gasteiger partial charge in [0, 0.05) is 104 Å². The molecule has 4 aromatic rings. The molecule has 406 valence electrons. The molecule has 2 N–H and O–H groups in total. The highest BCUT2D eigenvalue weighted by Gasteiger charge is 2.45. The van der Waals surface area contributed by atoms with E-state index in [1.165, 1.54) is 29.2 Å². The summed E-state index contributed by atoms with van der Waals surface area (Å²) in [4.78, 5) is 61.6. The maximum Gasteiger partial charge on any atom is 0.324 e. The number of piperazine rings is 1. The van der Waals surface area contributed by atoms with Crippen molar-refractivity contribution >= 4 is 45.7 Å². The number of esters is 1. The molecule has 2 amide bonds. The van der Waals surface area contributed by atoms with Crippen molar-refractivity contribution in [2.75, 3.05) is 84.3 Å². The number of carbonyl (C=O) groups is 3. The fraction of sp³-hybridized carbons (Fsp3) is 0.667. The molecule has 11 rings (SSSR count). The number of rotatable bonds is 12. The Morgan fingerprint density at radius 3 is 2.51 bits per heavy atom. The summed E-state index contributed by atoms with van der Waals surface area (Å²) in [6.07, 6.45) is 9.00. The Labute approximate surface area is 446 Å². The summed E-state index contributed by atoms with van der Waals surface area (Å²) in [6.45, 7) is 20.8. The molecule has 0 unspecified atom stereocenters. The van der Waals surface area contributed by atoms with Crippen LogP contribution >= 0.6 is 11.3 Å². The van der Waals surface area contributed by atoms with E-state index < -0.39 is 35.6 Å². The zero-order valence-corrected chi connectivity index (χ0v) is 46.1. The van der Waals surface area contributed by atoms with Crippen LogP contribution < -0.4 is 15.6 Å². The van der Waals surface area contributed by atoms with Crippen molar-refractivity contribution in [3.63, 3.8) is 0 Å². The van der Waals surface area contributed by atoms with Gasteiger partial charge in [0.15, 0.2) is 0 Å². The third-order valence-electron chi connectivity index (χ3n) is 16.9. The third kappa shape index (κ3) is 11.1. The molecule has 6 aliphatic heterocycles. The number of amides is 2. The van der Waals surface area contributed by atoms with Crippen molar-refractivity contribution < 1.29 is 38.1 Å². The molecule has 75 heavy (non-hydrogen) atoms. The van der Waals surface area contributed by atoms with E-state index in [4.69, 9.17) is 33.7 Å². The SMILES string of the molecule is CO[C@@H](C)c1ncc(N2CCN(C3CC3)CC2)cc1-c1c2c3cc(ccc3n1CCO[C@H]1CCOC(C)(C)C1)-c1csc(n1)[C@@H](N1CCCC1)[C@H](NC(=O)[C@H]1OC[C@@H]1C)C(=O)N1CCC[C@H](N1)C(=O)OCC(C)(C)C2. The van der Waals surface area contributed by atoms with E-state index >= 15 is 4.79 Å². The number of hydrogen-bond acceptors (Lipinski definition) is 15. The number of hydrazine groups is 1. The minimum atomic E-state index is -0.999. The number of likely N-dealkylation sites (tertiary alicyclic amines) is 1. The van der Waals surface area contributed by atoms with Gasteiger partial charge in [0.05, 0.1) is 72.6 Å². The smallest absolute Gasteiger partial charge is 0.324 e. The lowest BCUT2D eigenvalue weighted by Crippen LogP contribution is -2.64. The van der Waals surface area contributed by atoms with E-state index in [0.717, 1.165) is 126 Å². The number of fused-ring (bicyclic) bond motifs is 6. The topological polar surface area (TPSA) is 165 Å². The number of thiazole rings is 1. The van der Waals surface area contributed by atoms with Crippen LogP contribution in [0.3, 0.4) is 0 Å². The molecular weight excluding hydrogens is 971 g/mol. The highest BCUT2D eigenvalue weighted by Crippen LogP contribution is 2.44. The minimum absolute atomic E-state index is 0.0255. The van der Waals surface area contributed by atoms with Gasteiger partial charge in [0.25, 0.3) is 5.91 Å². The molecule has 7 aliphatic rings. The van der Waals surface area contributed by atoms with Gasteiger partial charge in [-0.2, -0.15) is 0 Å². The molecular formula is C57H79N9O8S. The third-order valence-corrected chi connectivity index (χ3v) is 17.8. The number of carbonyl (C=O) groups excluding carboxylic acids is 3. The van der Waals surface area contributed by atoms with Gasteiger partial charge in [-0.15, -0.1) is 11.3 Å². The van der Waals surface area contributed by atoms with Gasteiger partial charge in [0.2, 0.25) is 5.91 Å². The van der Waals surface area contributed by atoms with Crippen LogP contribution in [0.4, 0.5) is 5.69 Å². The fourth-order valence-electron chi connectivity index (χ4n) is 12.5. The van der Waals surface area contributed by atoms with Crippen LogP contribution in [0.2, 0.25) is 0 Å². The van der Waals surface area contributed by atoms with Crippen molar-refractivity contribution in [2.24, 2.45) is 11.3 Å². The van der Waals surface area contributed by atoms with E-state index in [9.17, 15) is 9.59 Å². The predicted octanol–water partition coefficient (Wildman–Crippen LogP) is 7.07. The molecule has 1 saturated carbocycles. The fourth-order valence-corrected chi connectivity index (χ4v) is 13.5. The highest BCUT2D eigenvalue weighted by molar-refractivity contribution is 7.10. The number of aromatic nitrogens is 3. The average molecular weight is 1050 g/mol. The van der Waals surface area contributed by atoms with Crippen molar-refractivity contribution in [3.05, 3.63) is 52.1 Å². The monoisotopic (exact) mass is 1050 g/mol. The van der Waals surface area contributed by atoms with Crippen LogP contribution in [0, 0.1) is 11.3 Å². The van der Waals surface area contributed by atoms with Crippen molar-refractivity contribution in [1.29, 1.82) is 0 Å². The second-order valence-electron chi connectivity index (χ2n) is 23.8. The van der Waals surface area contributed by atoms with Crippen LogP contribution in [-0.2, 0) is 51.0 Å². The number of pyridine rings is 1. The predicted molar refractivity (Wildman–Crippen MR) is 288 cm³/mol. The molecule has 0 spiro atoms. The molecule has 9 heterocycles. The van der Waals surface area contributed by atoms with Crippen LogP contribution in [0.15, 0.2) is 35.8 Å². The van der Waals surface area contributed by atoms with Gasteiger partial charge in [-0.3, -0.25) is 34.2 Å². The molecule has 0 radical (unpaired) electrons. The standard InChI is InChI=1S/C57H79N9O8S/c1-35-32-72-51(35)52(67)60-48-50(64-17-8-9-18-64)53-59-45(33-75-53)37-12-15-46-41(27-37)43(30-56(3,4)34-73-55(69)44-11-10-19-66(61-44)54(48)68)49(65(46)24-26-71-40-16-25-74-57(5,6)29-40)42-28-39(31-58-47(42)36(2)70-7)63-22-20-62(21-23-63)38-13-14-38/h12,15,27-28,31,33,35-36,38,40,44,48,50-51,61H,8-11,13-14,16-26,29-30,32,34H2,1-7H3,(H,60,67)/t35-,36-,40-,44-,48-,50-,51-/m0/s1. The van der Waals surface area contributed by atoms with Crippen LogP contribution in [0.1, 0.15) is 121 Å². The van der Waals surface area contributed by atoms with Crippen molar-refractivity contribution in [2.45, 2.75) is 154 Å². The number of anilines is 1. The van der Waals surface area contributed by atoms with Gasteiger partial charge < -0.3 is 38.5 Å². The summed E-state index contributed by atoms with van der Waals surface area (Å²) in [5.74, 6) is -1.01. The number of ether oxygens (including phenoxy) is 5. The molecule has 5 saturated heterocycles. The number of nitrogens with zero attached hydrogens (tertiary/aromatic N) is 7.